The van der Waals surface area contributed by atoms with Crippen LogP contribution in [0, 0.1) is 11.8 Å². The Hall–Kier alpha value is -0.0800. The highest BCUT2D eigenvalue weighted by Gasteiger charge is 2.08. The first kappa shape index (κ1) is 11.9. The van der Waals surface area contributed by atoms with Gasteiger partial charge in [0.15, 0.2) is 0 Å². The van der Waals surface area contributed by atoms with Crippen molar-refractivity contribution >= 4 is 0 Å². The second kappa shape index (κ2) is 7.56. The minimum Gasteiger partial charge on any atom is -0.396 e. The summed E-state index contributed by atoms with van der Waals surface area (Å²) in [6.07, 6.45) is 4.32. The van der Waals surface area contributed by atoms with Gasteiger partial charge in [0.1, 0.15) is 0 Å². The summed E-state index contributed by atoms with van der Waals surface area (Å²) in [5, 5.41) is 17.8. The molecule has 0 heterocycles. The van der Waals surface area contributed by atoms with Crippen LogP contribution in [0.25, 0.3) is 0 Å². The molecule has 0 aliphatic carbocycles. The van der Waals surface area contributed by atoms with E-state index in [0.29, 0.717) is 18.4 Å². The summed E-state index contributed by atoms with van der Waals surface area (Å²) in [5.74, 6) is 0.833. The fourth-order valence-corrected chi connectivity index (χ4v) is 1.35. The van der Waals surface area contributed by atoms with Crippen molar-refractivity contribution in [2.45, 2.75) is 39.5 Å². The zero-order chi connectivity index (χ0) is 9.40. The lowest BCUT2D eigenvalue weighted by Crippen LogP contribution is -2.09. The van der Waals surface area contributed by atoms with Gasteiger partial charge in [-0.1, -0.05) is 20.3 Å². The Kier molecular flexibility index (Phi) is 7.51. The minimum atomic E-state index is 0.268. The lowest BCUT2D eigenvalue weighted by atomic mass is 9.94. The number of rotatable bonds is 7. The van der Waals surface area contributed by atoms with Gasteiger partial charge < -0.3 is 10.2 Å². The van der Waals surface area contributed by atoms with Gasteiger partial charge in [0.25, 0.3) is 0 Å². The van der Waals surface area contributed by atoms with Gasteiger partial charge >= 0.3 is 0 Å². The van der Waals surface area contributed by atoms with Crippen molar-refractivity contribution < 1.29 is 10.2 Å². The Bertz CT molecular complexity index is 93.8. The van der Waals surface area contributed by atoms with Crippen LogP contribution in [0.4, 0.5) is 0 Å². The van der Waals surface area contributed by atoms with E-state index in [1.807, 2.05) is 6.92 Å². The zero-order valence-electron chi connectivity index (χ0n) is 8.29. The Labute approximate surface area is 75.6 Å². The summed E-state index contributed by atoms with van der Waals surface area (Å²) in [4.78, 5) is 0. The van der Waals surface area contributed by atoms with E-state index in [2.05, 4.69) is 6.92 Å². The van der Waals surface area contributed by atoms with Gasteiger partial charge in [-0.15, -0.1) is 0 Å². The van der Waals surface area contributed by atoms with E-state index >= 15 is 0 Å². The fraction of sp³-hybridized carbons (Fsp3) is 1.00. The van der Waals surface area contributed by atoms with Crippen molar-refractivity contribution in [2.75, 3.05) is 13.2 Å². The molecule has 0 amide bonds. The molecular formula is C10H22O2. The Morgan fingerprint density at radius 3 is 2.08 bits per heavy atom. The number of aliphatic hydroxyl groups is 2. The van der Waals surface area contributed by atoms with Crippen molar-refractivity contribution in [2.24, 2.45) is 11.8 Å². The van der Waals surface area contributed by atoms with Crippen LogP contribution in [0.1, 0.15) is 39.5 Å². The van der Waals surface area contributed by atoms with Crippen LogP contribution < -0.4 is 0 Å². The SMILES string of the molecule is CCCC(CO)CCC(C)CO. The summed E-state index contributed by atoms with van der Waals surface area (Å²) in [7, 11) is 0. The van der Waals surface area contributed by atoms with Crippen LogP contribution in [0.2, 0.25) is 0 Å². The molecule has 2 nitrogen and oxygen atoms in total. The number of aliphatic hydroxyl groups excluding tert-OH is 2. The maximum Gasteiger partial charge on any atom is 0.0459 e. The maximum atomic E-state index is 8.98. The van der Waals surface area contributed by atoms with E-state index in [1.165, 1.54) is 0 Å². The average molecular weight is 174 g/mol. The third kappa shape index (κ3) is 5.56. The van der Waals surface area contributed by atoms with Gasteiger partial charge in [-0.2, -0.15) is 0 Å². The minimum absolute atomic E-state index is 0.268. The second-order valence-corrected chi connectivity index (χ2v) is 3.70. The van der Waals surface area contributed by atoms with E-state index in [4.69, 9.17) is 10.2 Å². The topological polar surface area (TPSA) is 40.5 Å². The number of hydrogen-bond acceptors (Lipinski definition) is 2. The lowest BCUT2D eigenvalue weighted by molar-refractivity contribution is 0.183. The van der Waals surface area contributed by atoms with Gasteiger partial charge in [0.2, 0.25) is 0 Å². The molecule has 0 radical (unpaired) electrons. The van der Waals surface area contributed by atoms with Gasteiger partial charge in [-0.25, -0.2) is 0 Å². The maximum absolute atomic E-state index is 8.98. The monoisotopic (exact) mass is 174 g/mol. The highest BCUT2D eigenvalue weighted by atomic mass is 16.3. The van der Waals surface area contributed by atoms with Crippen LogP contribution >= 0.6 is 0 Å². The molecule has 74 valence electrons. The molecule has 2 N–H and O–H groups in total. The molecule has 0 aliphatic rings. The molecule has 0 aliphatic heterocycles. The average Bonchev–Trinajstić information content (AvgIpc) is 2.11. The fourth-order valence-electron chi connectivity index (χ4n) is 1.35. The van der Waals surface area contributed by atoms with Crippen LogP contribution in [-0.2, 0) is 0 Å². The summed E-state index contributed by atoms with van der Waals surface area (Å²) < 4.78 is 0. The largest absolute Gasteiger partial charge is 0.396 e. The van der Waals surface area contributed by atoms with Gasteiger partial charge in [-0.3, -0.25) is 0 Å². The van der Waals surface area contributed by atoms with E-state index in [9.17, 15) is 0 Å². The molecule has 0 rings (SSSR count). The molecule has 0 aromatic rings. The summed E-state index contributed by atoms with van der Waals surface area (Å²) >= 11 is 0. The highest BCUT2D eigenvalue weighted by Crippen LogP contribution is 2.16. The molecule has 0 fully saturated rings. The molecule has 2 unspecified atom stereocenters. The Morgan fingerprint density at radius 2 is 1.67 bits per heavy atom. The predicted octanol–water partition coefficient (Wildman–Crippen LogP) is 1.80. The Balaban J connectivity index is 3.43. The van der Waals surface area contributed by atoms with Crippen molar-refractivity contribution in [3.05, 3.63) is 0 Å². The first-order valence-corrected chi connectivity index (χ1v) is 4.96. The molecule has 0 aromatic carbocycles. The standard InChI is InChI=1S/C10H22O2/c1-3-4-10(8-12)6-5-9(2)7-11/h9-12H,3-8H2,1-2H3. The first-order valence-electron chi connectivity index (χ1n) is 4.96. The summed E-state index contributed by atoms with van der Waals surface area (Å²) in [5.41, 5.74) is 0. The highest BCUT2D eigenvalue weighted by molar-refractivity contribution is 4.60. The van der Waals surface area contributed by atoms with Crippen LogP contribution in [-0.4, -0.2) is 23.4 Å². The molecular weight excluding hydrogens is 152 g/mol. The van der Waals surface area contributed by atoms with E-state index in [1.54, 1.807) is 0 Å². The molecule has 0 spiro atoms. The van der Waals surface area contributed by atoms with Crippen LogP contribution in [0.15, 0.2) is 0 Å². The van der Waals surface area contributed by atoms with Crippen molar-refractivity contribution in [3.63, 3.8) is 0 Å². The third-order valence-electron chi connectivity index (χ3n) is 2.33. The third-order valence-corrected chi connectivity index (χ3v) is 2.33. The van der Waals surface area contributed by atoms with Gasteiger partial charge in [-0.05, 0) is 31.1 Å². The Morgan fingerprint density at radius 1 is 1.00 bits per heavy atom. The summed E-state index contributed by atoms with van der Waals surface area (Å²) in [6, 6.07) is 0. The van der Waals surface area contributed by atoms with Crippen molar-refractivity contribution in [1.82, 2.24) is 0 Å². The number of hydrogen-bond donors (Lipinski definition) is 2. The quantitative estimate of drug-likeness (QED) is 0.618. The smallest absolute Gasteiger partial charge is 0.0459 e. The second-order valence-electron chi connectivity index (χ2n) is 3.70. The summed E-state index contributed by atoms with van der Waals surface area (Å²) in [6.45, 7) is 4.74. The van der Waals surface area contributed by atoms with Crippen molar-refractivity contribution in [1.29, 1.82) is 0 Å². The van der Waals surface area contributed by atoms with Crippen LogP contribution in [0.5, 0.6) is 0 Å². The van der Waals surface area contributed by atoms with E-state index in [-0.39, 0.29) is 6.61 Å². The zero-order valence-corrected chi connectivity index (χ0v) is 8.29. The van der Waals surface area contributed by atoms with Crippen molar-refractivity contribution in [3.8, 4) is 0 Å². The molecule has 2 heteroatoms. The molecule has 0 saturated heterocycles. The molecule has 0 bridgehead atoms. The normalized spacial score (nSPS) is 16.0. The molecule has 12 heavy (non-hydrogen) atoms. The van der Waals surface area contributed by atoms with E-state index < -0.39 is 0 Å². The van der Waals surface area contributed by atoms with Gasteiger partial charge in [0, 0.05) is 13.2 Å². The molecule has 0 aromatic heterocycles. The predicted molar refractivity (Wildman–Crippen MR) is 51.0 cm³/mol. The molecule has 2 atom stereocenters. The van der Waals surface area contributed by atoms with Gasteiger partial charge in [0.05, 0.1) is 0 Å². The lowest BCUT2D eigenvalue weighted by Gasteiger charge is -2.14. The van der Waals surface area contributed by atoms with Crippen LogP contribution in [0.3, 0.4) is 0 Å². The van der Waals surface area contributed by atoms with E-state index in [0.717, 1.165) is 25.7 Å². The first-order chi connectivity index (χ1) is 5.74. The molecule has 0 saturated carbocycles.